The van der Waals surface area contributed by atoms with Crippen molar-refractivity contribution >= 4 is 35.0 Å². The van der Waals surface area contributed by atoms with E-state index in [1.807, 2.05) is 13.8 Å². The van der Waals surface area contributed by atoms with Crippen LogP contribution in [-0.4, -0.2) is 33.9 Å². The van der Waals surface area contributed by atoms with E-state index in [1.165, 1.54) is 28.9 Å². The third-order valence-corrected chi connectivity index (χ3v) is 4.98. The molecule has 1 aliphatic heterocycles. The summed E-state index contributed by atoms with van der Waals surface area (Å²) in [5.41, 5.74) is -1.02. The van der Waals surface area contributed by atoms with Crippen LogP contribution >= 0.6 is 11.8 Å². The van der Waals surface area contributed by atoms with E-state index < -0.39 is 35.3 Å². The Kier molecular flexibility index (Phi) is 5.78. The zero-order valence-corrected chi connectivity index (χ0v) is 16.1. The molecule has 0 unspecified atom stereocenters. The third-order valence-electron chi connectivity index (χ3n) is 3.98. The van der Waals surface area contributed by atoms with Gasteiger partial charge >= 0.3 is 0 Å². The number of carbonyl (C=O) groups excluding carboxylic acids is 2. The minimum atomic E-state index is -0.927. The number of carbonyl (C=O) groups is 2. The van der Waals surface area contributed by atoms with Crippen molar-refractivity contribution in [3.05, 3.63) is 46.4 Å². The summed E-state index contributed by atoms with van der Waals surface area (Å²) >= 11 is 1.21. The van der Waals surface area contributed by atoms with E-state index in [9.17, 15) is 23.2 Å². The molecule has 10 heteroatoms. The number of nitrogens with zero attached hydrogens (tertiary/aromatic N) is 3. The van der Waals surface area contributed by atoms with Gasteiger partial charge in [-0.05, 0) is 18.1 Å². The second-order valence-electron chi connectivity index (χ2n) is 6.65. The van der Waals surface area contributed by atoms with Crippen molar-refractivity contribution in [3.63, 3.8) is 0 Å². The van der Waals surface area contributed by atoms with Crippen LogP contribution in [0.25, 0.3) is 0 Å². The maximum absolute atomic E-state index is 13.7. The van der Waals surface area contributed by atoms with Crippen molar-refractivity contribution in [1.29, 1.82) is 0 Å². The lowest BCUT2D eigenvalue weighted by Gasteiger charge is -2.29. The molecule has 3 rings (SSSR count). The number of thioether (sulfide) groups is 1. The van der Waals surface area contributed by atoms with E-state index in [0.29, 0.717) is 11.4 Å². The van der Waals surface area contributed by atoms with Crippen LogP contribution in [0.4, 0.5) is 20.2 Å². The van der Waals surface area contributed by atoms with Crippen molar-refractivity contribution in [1.82, 2.24) is 9.78 Å². The van der Waals surface area contributed by atoms with E-state index >= 15 is 0 Å². The smallest absolute Gasteiger partial charge is 0.292 e. The van der Waals surface area contributed by atoms with Crippen molar-refractivity contribution in [2.45, 2.75) is 25.3 Å². The Balaban J connectivity index is 1.88. The average Bonchev–Trinajstić information content (AvgIpc) is 2.62. The number of benzene rings is 1. The molecule has 0 atom stereocenters. The van der Waals surface area contributed by atoms with E-state index in [1.54, 1.807) is 0 Å². The highest BCUT2D eigenvalue weighted by Crippen LogP contribution is 2.32. The summed E-state index contributed by atoms with van der Waals surface area (Å²) in [4.78, 5) is 39.3. The summed E-state index contributed by atoms with van der Waals surface area (Å²) in [5.74, 6) is -2.53. The number of nitrogens with one attached hydrogen (secondary N) is 1. The van der Waals surface area contributed by atoms with Crippen LogP contribution in [0.1, 0.15) is 13.8 Å². The van der Waals surface area contributed by atoms with Crippen molar-refractivity contribution < 1.29 is 18.4 Å². The molecule has 0 saturated carbocycles. The Morgan fingerprint density at radius 3 is 2.61 bits per heavy atom. The molecule has 0 bridgehead atoms. The Hall–Kier alpha value is -2.75. The number of para-hydroxylation sites is 1. The predicted octanol–water partition coefficient (Wildman–Crippen LogP) is 2.25. The van der Waals surface area contributed by atoms with Crippen LogP contribution in [0, 0.1) is 17.6 Å². The molecule has 0 spiro atoms. The maximum atomic E-state index is 13.7. The molecule has 7 nitrogen and oxygen atoms in total. The van der Waals surface area contributed by atoms with Gasteiger partial charge in [0.15, 0.2) is 0 Å². The number of anilines is 2. The topological polar surface area (TPSA) is 84.3 Å². The Morgan fingerprint density at radius 2 is 1.96 bits per heavy atom. The third kappa shape index (κ3) is 4.06. The Labute approximate surface area is 163 Å². The summed E-state index contributed by atoms with van der Waals surface area (Å²) in [5, 5.41) is 6.07. The maximum Gasteiger partial charge on any atom is 0.292 e. The number of aromatic nitrogens is 2. The summed E-state index contributed by atoms with van der Waals surface area (Å²) in [6.45, 7) is 3.65. The van der Waals surface area contributed by atoms with Gasteiger partial charge in [0.2, 0.25) is 11.8 Å². The van der Waals surface area contributed by atoms with Gasteiger partial charge in [0.05, 0.1) is 16.8 Å². The predicted molar refractivity (Wildman–Crippen MR) is 101 cm³/mol. The monoisotopic (exact) mass is 408 g/mol. The molecule has 1 aromatic heterocycles. The van der Waals surface area contributed by atoms with Gasteiger partial charge in [0.1, 0.15) is 29.6 Å². The minimum absolute atomic E-state index is 0.133. The Morgan fingerprint density at radius 1 is 1.29 bits per heavy atom. The Bertz CT molecular complexity index is 973. The van der Waals surface area contributed by atoms with Gasteiger partial charge in [0, 0.05) is 6.54 Å². The molecule has 0 saturated heterocycles. The summed E-state index contributed by atoms with van der Waals surface area (Å²) < 4.78 is 28.2. The van der Waals surface area contributed by atoms with Crippen molar-refractivity contribution in [3.8, 4) is 0 Å². The van der Waals surface area contributed by atoms with Crippen LogP contribution < -0.4 is 15.8 Å². The first-order valence-corrected chi connectivity index (χ1v) is 9.53. The number of hydrogen-bond acceptors (Lipinski definition) is 5. The van der Waals surface area contributed by atoms with Gasteiger partial charge in [-0.3, -0.25) is 14.4 Å². The molecule has 2 amide bonds. The lowest BCUT2D eigenvalue weighted by atomic mass is 10.2. The number of rotatable bonds is 5. The first kappa shape index (κ1) is 20.0. The van der Waals surface area contributed by atoms with Gasteiger partial charge < -0.3 is 10.2 Å². The standard InChI is InChI=1S/C18H18F2N4O3S/c1-10(2)7-23-15(26)9-28-13-6-21-24(18(27)17(13)23)8-14(25)22-16-11(19)4-3-5-12(16)20/h3-6,10H,7-9H2,1-2H3,(H,22,25). The summed E-state index contributed by atoms with van der Waals surface area (Å²) in [6.07, 6.45) is 1.41. The normalized spacial score (nSPS) is 13.6. The molecule has 148 valence electrons. The minimum Gasteiger partial charge on any atom is -0.320 e. The van der Waals surface area contributed by atoms with E-state index in [0.717, 1.165) is 16.8 Å². The van der Waals surface area contributed by atoms with E-state index in [2.05, 4.69) is 10.4 Å². The highest BCUT2D eigenvalue weighted by Gasteiger charge is 2.29. The second kappa shape index (κ2) is 8.09. The van der Waals surface area contributed by atoms with Crippen molar-refractivity contribution in [2.24, 2.45) is 5.92 Å². The van der Waals surface area contributed by atoms with Gasteiger partial charge in [-0.1, -0.05) is 19.9 Å². The van der Waals surface area contributed by atoms with E-state index in [-0.39, 0.29) is 23.3 Å². The van der Waals surface area contributed by atoms with Crippen LogP contribution in [0.3, 0.4) is 0 Å². The largest absolute Gasteiger partial charge is 0.320 e. The van der Waals surface area contributed by atoms with Gasteiger partial charge in [0.25, 0.3) is 5.56 Å². The highest BCUT2D eigenvalue weighted by atomic mass is 32.2. The first-order chi connectivity index (χ1) is 13.3. The average molecular weight is 408 g/mol. The molecule has 0 aliphatic carbocycles. The van der Waals surface area contributed by atoms with Gasteiger partial charge in [-0.25, -0.2) is 13.5 Å². The van der Waals surface area contributed by atoms with Gasteiger partial charge in [-0.15, -0.1) is 11.8 Å². The molecule has 2 aromatic rings. The number of amides is 2. The molecular weight excluding hydrogens is 390 g/mol. The van der Waals surface area contributed by atoms with Crippen molar-refractivity contribution in [2.75, 3.05) is 22.5 Å². The van der Waals surface area contributed by atoms with Crippen LogP contribution in [0.5, 0.6) is 0 Å². The lowest BCUT2D eigenvalue weighted by molar-refractivity contribution is -0.117. The van der Waals surface area contributed by atoms with Gasteiger partial charge in [-0.2, -0.15) is 5.10 Å². The molecule has 1 N–H and O–H groups in total. The van der Waals surface area contributed by atoms with Crippen LogP contribution in [0.15, 0.2) is 34.1 Å². The fourth-order valence-electron chi connectivity index (χ4n) is 2.76. The second-order valence-corrected chi connectivity index (χ2v) is 7.67. The van der Waals surface area contributed by atoms with Crippen LogP contribution in [-0.2, 0) is 16.1 Å². The first-order valence-electron chi connectivity index (χ1n) is 8.55. The molecular formula is C18H18F2N4O3S. The van der Waals surface area contributed by atoms with Crippen LogP contribution in [0.2, 0.25) is 0 Å². The molecule has 28 heavy (non-hydrogen) atoms. The fraction of sp³-hybridized carbons (Fsp3) is 0.333. The zero-order valence-electron chi connectivity index (χ0n) is 15.2. The number of hydrogen-bond donors (Lipinski definition) is 1. The molecule has 1 aliphatic rings. The molecule has 0 radical (unpaired) electrons. The SMILES string of the molecule is CC(C)CN1C(=O)CSc2cnn(CC(=O)Nc3c(F)cccc3F)c(=O)c21. The molecule has 1 aromatic carbocycles. The molecule has 0 fully saturated rings. The fourth-order valence-corrected chi connectivity index (χ4v) is 3.65. The quantitative estimate of drug-likeness (QED) is 0.821. The summed E-state index contributed by atoms with van der Waals surface area (Å²) in [7, 11) is 0. The highest BCUT2D eigenvalue weighted by molar-refractivity contribution is 8.00. The number of halogens is 2. The zero-order chi connectivity index (χ0) is 20.4. The molecule has 2 heterocycles. The number of fused-ring (bicyclic) bond motifs is 1. The summed E-state index contributed by atoms with van der Waals surface area (Å²) in [6, 6.07) is 3.19. The van der Waals surface area contributed by atoms with E-state index in [4.69, 9.17) is 0 Å². The lowest BCUT2D eigenvalue weighted by Crippen LogP contribution is -2.44.